The molecule has 0 spiro atoms. The highest BCUT2D eigenvalue weighted by molar-refractivity contribution is 5.06. The molecule has 0 radical (unpaired) electrons. The van der Waals surface area contributed by atoms with E-state index in [1.807, 2.05) is 18.2 Å². The Kier molecular flexibility index (Phi) is 4.63. The van der Waals surface area contributed by atoms with Gasteiger partial charge in [-0.15, -0.1) is 5.10 Å². The smallest absolute Gasteiger partial charge is 0.267 e. The van der Waals surface area contributed by atoms with Gasteiger partial charge in [-0.25, -0.2) is 4.68 Å². The zero-order chi connectivity index (χ0) is 13.5. The molecule has 0 aliphatic carbocycles. The van der Waals surface area contributed by atoms with Crippen LogP contribution in [0.3, 0.4) is 0 Å². The van der Waals surface area contributed by atoms with E-state index in [0.717, 1.165) is 5.69 Å². The molecule has 0 unspecified atom stereocenters. The van der Waals surface area contributed by atoms with Crippen molar-refractivity contribution in [3.63, 3.8) is 0 Å². The number of ether oxygens (including phenoxy) is 1. The Hall–Kier alpha value is -2.21. The highest BCUT2D eigenvalue weighted by atomic mass is 16.5. The summed E-state index contributed by atoms with van der Waals surface area (Å²) < 4.78 is 6.36. The summed E-state index contributed by atoms with van der Waals surface area (Å²) in [6.45, 7) is 1.79. The van der Waals surface area contributed by atoms with Gasteiger partial charge in [-0.05, 0) is 12.1 Å². The highest BCUT2D eigenvalue weighted by Gasteiger charge is 2.00. The normalized spacial score (nSPS) is 10.4. The van der Waals surface area contributed by atoms with Crippen LogP contribution in [0.5, 0.6) is 5.88 Å². The Labute approximate surface area is 111 Å². The van der Waals surface area contributed by atoms with Gasteiger partial charge >= 0.3 is 0 Å². The number of aromatic nitrogens is 3. The Balaban J connectivity index is 1.84. The topological polar surface area (TPSA) is 69.0 Å². The number of hydrogen-bond acceptors (Lipinski definition) is 5. The molecule has 6 heteroatoms. The van der Waals surface area contributed by atoms with Crippen molar-refractivity contribution in [3.8, 4) is 5.88 Å². The van der Waals surface area contributed by atoms with Crippen LogP contribution < -0.4 is 15.6 Å². The second-order valence-corrected chi connectivity index (χ2v) is 3.93. The van der Waals surface area contributed by atoms with E-state index in [-0.39, 0.29) is 5.56 Å². The molecule has 0 bridgehead atoms. The second-order valence-electron chi connectivity index (χ2n) is 3.93. The summed E-state index contributed by atoms with van der Waals surface area (Å²) in [5.41, 5.74) is 0.828. The molecule has 0 aliphatic rings. The summed E-state index contributed by atoms with van der Waals surface area (Å²) in [4.78, 5) is 15.8. The molecule has 0 atom stereocenters. The molecule has 0 aliphatic heterocycles. The molecule has 0 saturated carbocycles. The van der Waals surface area contributed by atoms with E-state index in [1.165, 1.54) is 17.9 Å². The van der Waals surface area contributed by atoms with Crippen LogP contribution in [0.1, 0.15) is 5.69 Å². The molecular formula is C13H16N4O2. The standard InChI is InChI=1S/C13H16N4O2/c1-19-12-5-6-13(18)17(16-12)9-8-14-10-11-4-2-3-7-15-11/h2-7,14H,8-10H2,1H3. The molecular weight excluding hydrogens is 244 g/mol. The van der Waals surface area contributed by atoms with Crippen molar-refractivity contribution >= 4 is 0 Å². The predicted octanol–water partition coefficient (Wildman–Crippen LogP) is 0.437. The molecule has 2 aromatic heterocycles. The van der Waals surface area contributed by atoms with Crippen LogP contribution in [-0.2, 0) is 13.1 Å². The first kappa shape index (κ1) is 13.2. The molecule has 6 nitrogen and oxygen atoms in total. The van der Waals surface area contributed by atoms with E-state index in [4.69, 9.17) is 4.74 Å². The number of methoxy groups -OCH3 is 1. The van der Waals surface area contributed by atoms with Crippen LogP contribution in [0.4, 0.5) is 0 Å². The van der Waals surface area contributed by atoms with Crippen molar-refractivity contribution < 1.29 is 4.74 Å². The van der Waals surface area contributed by atoms with Crippen molar-refractivity contribution in [2.24, 2.45) is 0 Å². The van der Waals surface area contributed by atoms with Gasteiger partial charge in [-0.3, -0.25) is 9.78 Å². The highest BCUT2D eigenvalue weighted by Crippen LogP contribution is 1.98. The van der Waals surface area contributed by atoms with Crippen LogP contribution in [-0.4, -0.2) is 28.4 Å². The van der Waals surface area contributed by atoms with Gasteiger partial charge in [0, 0.05) is 31.4 Å². The fraction of sp³-hybridized carbons (Fsp3) is 0.308. The van der Waals surface area contributed by atoms with Crippen molar-refractivity contribution in [1.82, 2.24) is 20.1 Å². The van der Waals surface area contributed by atoms with E-state index < -0.39 is 0 Å². The average molecular weight is 260 g/mol. The fourth-order valence-corrected chi connectivity index (χ4v) is 1.60. The summed E-state index contributed by atoms with van der Waals surface area (Å²) in [5.74, 6) is 0.435. The van der Waals surface area contributed by atoms with Gasteiger partial charge in [0.2, 0.25) is 5.88 Å². The third-order valence-corrected chi connectivity index (χ3v) is 2.58. The Morgan fingerprint density at radius 1 is 1.32 bits per heavy atom. The number of pyridine rings is 1. The molecule has 100 valence electrons. The summed E-state index contributed by atoms with van der Waals surface area (Å²) in [5, 5.41) is 7.27. The van der Waals surface area contributed by atoms with E-state index in [2.05, 4.69) is 15.4 Å². The SMILES string of the molecule is COc1ccc(=O)n(CCNCc2ccccn2)n1. The molecule has 0 amide bonds. The van der Waals surface area contributed by atoms with Crippen LogP contribution in [0.25, 0.3) is 0 Å². The summed E-state index contributed by atoms with van der Waals surface area (Å²) >= 11 is 0. The Bertz CT molecular complexity index is 568. The van der Waals surface area contributed by atoms with E-state index in [9.17, 15) is 4.79 Å². The fourth-order valence-electron chi connectivity index (χ4n) is 1.60. The lowest BCUT2D eigenvalue weighted by atomic mass is 10.3. The van der Waals surface area contributed by atoms with Crippen LogP contribution >= 0.6 is 0 Å². The van der Waals surface area contributed by atoms with Gasteiger partial charge in [-0.2, -0.15) is 0 Å². The van der Waals surface area contributed by atoms with Crippen LogP contribution in [0.15, 0.2) is 41.3 Å². The molecule has 2 heterocycles. The van der Waals surface area contributed by atoms with Crippen LogP contribution in [0, 0.1) is 0 Å². The maximum Gasteiger partial charge on any atom is 0.267 e. The molecule has 19 heavy (non-hydrogen) atoms. The number of nitrogens with one attached hydrogen (secondary N) is 1. The lowest BCUT2D eigenvalue weighted by Crippen LogP contribution is -2.28. The van der Waals surface area contributed by atoms with E-state index in [0.29, 0.717) is 25.5 Å². The quantitative estimate of drug-likeness (QED) is 0.763. The molecule has 2 rings (SSSR count). The maximum absolute atomic E-state index is 11.6. The molecule has 0 aromatic carbocycles. The minimum atomic E-state index is -0.138. The number of rotatable bonds is 6. The minimum Gasteiger partial charge on any atom is -0.480 e. The third kappa shape index (κ3) is 3.89. The number of hydrogen-bond donors (Lipinski definition) is 1. The lowest BCUT2D eigenvalue weighted by molar-refractivity contribution is 0.374. The van der Waals surface area contributed by atoms with Crippen molar-refractivity contribution in [2.45, 2.75) is 13.1 Å². The van der Waals surface area contributed by atoms with E-state index in [1.54, 1.807) is 12.3 Å². The van der Waals surface area contributed by atoms with Crippen molar-refractivity contribution in [3.05, 3.63) is 52.6 Å². The maximum atomic E-state index is 11.6. The molecule has 2 aromatic rings. The van der Waals surface area contributed by atoms with Gasteiger partial charge < -0.3 is 10.1 Å². The predicted molar refractivity (Wildman–Crippen MR) is 71.0 cm³/mol. The summed E-state index contributed by atoms with van der Waals surface area (Å²) in [6, 6.07) is 8.77. The lowest BCUT2D eigenvalue weighted by Gasteiger charge is -2.07. The monoisotopic (exact) mass is 260 g/mol. The van der Waals surface area contributed by atoms with Crippen LogP contribution in [0.2, 0.25) is 0 Å². The summed E-state index contributed by atoms with van der Waals surface area (Å²) in [6.07, 6.45) is 1.76. The second kappa shape index (κ2) is 6.65. The number of nitrogens with zero attached hydrogens (tertiary/aromatic N) is 3. The summed E-state index contributed by atoms with van der Waals surface area (Å²) in [7, 11) is 1.52. The Morgan fingerprint density at radius 3 is 2.95 bits per heavy atom. The van der Waals surface area contributed by atoms with E-state index >= 15 is 0 Å². The zero-order valence-corrected chi connectivity index (χ0v) is 10.7. The molecule has 0 saturated heterocycles. The van der Waals surface area contributed by atoms with Gasteiger partial charge in [0.1, 0.15) is 0 Å². The third-order valence-electron chi connectivity index (χ3n) is 2.58. The first-order valence-electron chi connectivity index (χ1n) is 6.02. The van der Waals surface area contributed by atoms with Gasteiger partial charge in [-0.1, -0.05) is 6.07 Å². The molecule has 0 fully saturated rings. The van der Waals surface area contributed by atoms with Gasteiger partial charge in [0.15, 0.2) is 0 Å². The van der Waals surface area contributed by atoms with Crippen molar-refractivity contribution in [2.75, 3.05) is 13.7 Å². The van der Waals surface area contributed by atoms with Gasteiger partial charge in [0.25, 0.3) is 5.56 Å². The zero-order valence-electron chi connectivity index (χ0n) is 10.7. The first-order chi connectivity index (χ1) is 9.29. The first-order valence-corrected chi connectivity index (χ1v) is 6.02. The minimum absolute atomic E-state index is 0.138. The largest absolute Gasteiger partial charge is 0.480 e. The van der Waals surface area contributed by atoms with Gasteiger partial charge in [0.05, 0.1) is 19.3 Å². The average Bonchev–Trinajstić information content (AvgIpc) is 2.46. The molecule has 1 N–H and O–H groups in total. The van der Waals surface area contributed by atoms with Crippen molar-refractivity contribution in [1.29, 1.82) is 0 Å². The Morgan fingerprint density at radius 2 is 2.21 bits per heavy atom.